The first-order chi connectivity index (χ1) is 10.4. The van der Waals surface area contributed by atoms with Crippen LogP contribution in [0.2, 0.25) is 0 Å². The summed E-state index contributed by atoms with van der Waals surface area (Å²) in [5.74, 6) is 4.28. The van der Waals surface area contributed by atoms with E-state index in [0.29, 0.717) is 16.2 Å². The van der Waals surface area contributed by atoms with Crippen molar-refractivity contribution in [3.63, 3.8) is 0 Å². The summed E-state index contributed by atoms with van der Waals surface area (Å²) in [6.07, 6.45) is 16.8. The van der Waals surface area contributed by atoms with Gasteiger partial charge in [0, 0.05) is 0 Å². The van der Waals surface area contributed by atoms with Crippen LogP contribution in [0.5, 0.6) is 0 Å². The first-order valence-corrected chi connectivity index (χ1v) is 10.4. The summed E-state index contributed by atoms with van der Waals surface area (Å²) < 4.78 is 0. The van der Waals surface area contributed by atoms with Crippen molar-refractivity contribution in [2.24, 2.45) is 39.9 Å². The van der Waals surface area contributed by atoms with Crippen LogP contribution in [0.4, 0.5) is 0 Å². The van der Waals surface area contributed by atoms with Crippen molar-refractivity contribution in [2.45, 2.75) is 98.3 Å². The third kappa shape index (κ3) is 1.82. The van der Waals surface area contributed by atoms with Gasteiger partial charge in [-0.15, -0.1) is 0 Å². The molecule has 0 aromatic carbocycles. The molecule has 126 valence electrons. The van der Waals surface area contributed by atoms with Crippen LogP contribution in [0.25, 0.3) is 0 Å². The van der Waals surface area contributed by atoms with Crippen molar-refractivity contribution in [3.05, 3.63) is 0 Å². The van der Waals surface area contributed by atoms with Gasteiger partial charge in [-0.2, -0.15) is 0 Å². The lowest BCUT2D eigenvalue weighted by atomic mass is 9.43. The summed E-state index contributed by atoms with van der Waals surface area (Å²) in [6, 6.07) is 0. The molecule has 0 unspecified atom stereocenters. The molecule has 7 atom stereocenters. The molecule has 0 heteroatoms. The predicted molar refractivity (Wildman–Crippen MR) is 94.7 cm³/mol. The zero-order chi connectivity index (χ0) is 15.6. The van der Waals surface area contributed by atoms with E-state index in [1.54, 1.807) is 38.5 Å². The van der Waals surface area contributed by atoms with E-state index in [2.05, 4.69) is 27.7 Å². The van der Waals surface area contributed by atoms with Gasteiger partial charge in [0.2, 0.25) is 0 Å². The van der Waals surface area contributed by atoms with Gasteiger partial charge in [-0.25, -0.2) is 0 Å². The Hall–Kier alpha value is 0. The SMILES string of the molecule is CC[C@@]1(C)CC[C@H]2[C@@H]3CC[C@H]4CCCC[C@]4(C)[C@H]3CC[C@@]21C. The summed E-state index contributed by atoms with van der Waals surface area (Å²) >= 11 is 0. The van der Waals surface area contributed by atoms with Crippen LogP contribution < -0.4 is 0 Å². The molecule has 0 nitrogen and oxygen atoms in total. The third-order valence-electron chi connectivity index (χ3n) is 10.1. The minimum atomic E-state index is 0.632. The Balaban J connectivity index is 1.65. The standard InChI is InChI=1S/C22H38/c1-5-20(2)14-11-19-17-10-9-16-8-6-7-13-21(16,3)18(17)12-15-22(19,20)4/h16-19H,5-15H2,1-4H3/t16-,17-,18+,19+,20+,21+,22+/m1/s1. The fraction of sp³-hybridized carbons (Fsp3) is 1.00. The molecule has 4 rings (SSSR count). The molecule has 4 saturated carbocycles. The highest BCUT2D eigenvalue weighted by Crippen LogP contribution is 2.70. The van der Waals surface area contributed by atoms with E-state index in [4.69, 9.17) is 0 Å². The van der Waals surface area contributed by atoms with Crippen molar-refractivity contribution >= 4 is 0 Å². The van der Waals surface area contributed by atoms with Crippen LogP contribution in [-0.4, -0.2) is 0 Å². The number of hydrogen-bond acceptors (Lipinski definition) is 0. The van der Waals surface area contributed by atoms with Gasteiger partial charge < -0.3 is 0 Å². The molecule has 4 fully saturated rings. The first-order valence-electron chi connectivity index (χ1n) is 10.4. The van der Waals surface area contributed by atoms with E-state index in [1.807, 2.05) is 0 Å². The Morgan fingerprint density at radius 2 is 1.55 bits per heavy atom. The molecule has 0 amide bonds. The van der Waals surface area contributed by atoms with Gasteiger partial charge in [-0.05, 0) is 91.3 Å². The normalized spacial score (nSPS) is 57.8. The maximum absolute atomic E-state index is 2.71. The molecule has 0 aromatic rings. The highest BCUT2D eigenvalue weighted by atomic mass is 14.7. The molecule has 0 spiro atoms. The zero-order valence-corrected chi connectivity index (χ0v) is 15.6. The minimum absolute atomic E-state index is 0.632. The van der Waals surface area contributed by atoms with Gasteiger partial charge in [0.25, 0.3) is 0 Å². The van der Waals surface area contributed by atoms with Gasteiger partial charge in [-0.1, -0.05) is 47.0 Å². The summed E-state index contributed by atoms with van der Waals surface area (Å²) in [4.78, 5) is 0. The van der Waals surface area contributed by atoms with Gasteiger partial charge in [-0.3, -0.25) is 0 Å². The first kappa shape index (κ1) is 15.5. The van der Waals surface area contributed by atoms with Crippen LogP contribution in [-0.2, 0) is 0 Å². The lowest BCUT2D eigenvalue weighted by Gasteiger charge is -2.61. The smallest absolute Gasteiger partial charge is 0.0241 e. The van der Waals surface area contributed by atoms with E-state index in [1.165, 1.54) is 32.1 Å². The molecule has 0 saturated heterocycles. The minimum Gasteiger partial charge on any atom is -0.0648 e. The second kappa shape index (κ2) is 5.00. The third-order valence-corrected chi connectivity index (χ3v) is 10.1. The molecule has 0 heterocycles. The number of hydrogen-bond donors (Lipinski definition) is 0. The van der Waals surface area contributed by atoms with E-state index < -0.39 is 0 Å². The summed E-state index contributed by atoms with van der Waals surface area (Å²) in [5, 5.41) is 0. The summed E-state index contributed by atoms with van der Waals surface area (Å²) in [6.45, 7) is 10.5. The van der Waals surface area contributed by atoms with E-state index in [0.717, 1.165) is 23.7 Å². The second-order valence-corrected chi connectivity index (χ2v) is 10.3. The van der Waals surface area contributed by atoms with Crippen LogP contribution in [0, 0.1) is 39.9 Å². The van der Waals surface area contributed by atoms with Gasteiger partial charge in [0.1, 0.15) is 0 Å². The Morgan fingerprint density at radius 1 is 0.773 bits per heavy atom. The van der Waals surface area contributed by atoms with Gasteiger partial charge in [0.15, 0.2) is 0 Å². The van der Waals surface area contributed by atoms with Crippen molar-refractivity contribution < 1.29 is 0 Å². The average Bonchev–Trinajstić information content (AvgIpc) is 2.79. The van der Waals surface area contributed by atoms with Crippen LogP contribution in [0.15, 0.2) is 0 Å². The molecule has 0 aromatic heterocycles. The van der Waals surface area contributed by atoms with Crippen LogP contribution in [0.1, 0.15) is 98.3 Å². The largest absolute Gasteiger partial charge is 0.0648 e. The molecule has 0 bridgehead atoms. The van der Waals surface area contributed by atoms with E-state index >= 15 is 0 Å². The van der Waals surface area contributed by atoms with Crippen LogP contribution >= 0.6 is 0 Å². The van der Waals surface area contributed by atoms with Crippen LogP contribution in [0.3, 0.4) is 0 Å². The van der Waals surface area contributed by atoms with E-state index in [9.17, 15) is 0 Å². The zero-order valence-electron chi connectivity index (χ0n) is 15.6. The fourth-order valence-corrected chi connectivity index (χ4v) is 8.24. The molecule has 0 N–H and O–H groups in total. The average molecular weight is 303 g/mol. The predicted octanol–water partition coefficient (Wildman–Crippen LogP) is 6.84. The quantitative estimate of drug-likeness (QED) is 0.497. The van der Waals surface area contributed by atoms with Gasteiger partial charge >= 0.3 is 0 Å². The summed E-state index contributed by atoms with van der Waals surface area (Å²) in [7, 11) is 0. The molecular formula is C22H38. The highest BCUT2D eigenvalue weighted by Gasteiger charge is 2.62. The Kier molecular flexibility index (Phi) is 3.53. The fourth-order valence-electron chi connectivity index (χ4n) is 8.24. The Labute approximate surface area is 138 Å². The van der Waals surface area contributed by atoms with E-state index in [-0.39, 0.29) is 0 Å². The van der Waals surface area contributed by atoms with Crippen molar-refractivity contribution in [2.75, 3.05) is 0 Å². The Morgan fingerprint density at radius 3 is 2.32 bits per heavy atom. The molecular weight excluding hydrogens is 264 g/mol. The van der Waals surface area contributed by atoms with Crippen molar-refractivity contribution in [3.8, 4) is 0 Å². The Bertz CT molecular complexity index is 437. The van der Waals surface area contributed by atoms with Gasteiger partial charge in [0.05, 0.1) is 0 Å². The van der Waals surface area contributed by atoms with Crippen molar-refractivity contribution in [1.82, 2.24) is 0 Å². The molecule has 4 aliphatic carbocycles. The van der Waals surface area contributed by atoms with Crippen molar-refractivity contribution in [1.29, 1.82) is 0 Å². The molecule has 4 aliphatic rings. The maximum Gasteiger partial charge on any atom is -0.0241 e. The number of rotatable bonds is 1. The highest BCUT2D eigenvalue weighted by molar-refractivity contribution is 5.11. The molecule has 0 radical (unpaired) electrons. The lowest BCUT2D eigenvalue weighted by Crippen LogP contribution is -2.53. The number of fused-ring (bicyclic) bond motifs is 5. The lowest BCUT2D eigenvalue weighted by molar-refractivity contribution is -0.123. The maximum atomic E-state index is 2.71. The topological polar surface area (TPSA) is 0 Å². The second-order valence-electron chi connectivity index (χ2n) is 10.3. The molecule has 0 aliphatic heterocycles. The summed E-state index contributed by atoms with van der Waals surface area (Å²) in [5.41, 5.74) is 2.00. The molecule has 22 heavy (non-hydrogen) atoms. The monoisotopic (exact) mass is 302 g/mol.